The van der Waals surface area contributed by atoms with Crippen LogP contribution in [0.5, 0.6) is 0 Å². The molecule has 0 atom stereocenters. The lowest BCUT2D eigenvalue weighted by atomic mass is 10.0. The van der Waals surface area contributed by atoms with Crippen molar-refractivity contribution in [2.75, 3.05) is 20.1 Å². The van der Waals surface area contributed by atoms with Crippen molar-refractivity contribution < 1.29 is 4.79 Å². The summed E-state index contributed by atoms with van der Waals surface area (Å²) in [5.74, 6) is 0.163. The molecule has 3 heteroatoms. The molecule has 1 amide bonds. The first-order valence-corrected chi connectivity index (χ1v) is 4.96. The molecule has 0 unspecified atom stereocenters. The molecule has 1 N–H and O–H groups in total. The van der Waals surface area contributed by atoms with E-state index in [-0.39, 0.29) is 5.91 Å². The van der Waals surface area contributed by atoms with E-state index in [2.05, 4.69) is 12.2 Å². The third-order valence-corrected chi connectivity index (χ3v) is 2.06. The van der Waals surface area contributed by atoms with Crippen molar-refractivity contribution in [3.05, 3.63) is 0 Å². The molecule has 0 aliphatic rings. The lowest BCUT2D eigenvalue weighted by Gasteiger charge is -2.29. The van der Waals surface area contributed by atoms with Gasteiger partial charge in [-0.15, -0.1) is 0 Å². The van der Waals surface area contributed by atoms with Gasteiger partial charge in [0, 0.05) is 13.6 Å². The first-order valence-electron chi connectivity index (χ1n) is 4.96. The second-order valence-corrected chi connectivity index (χ2v) is 3.88. The first-order chi connectivity index (χ1) is 5.95. The van der Waals surface area contributed by atoms with Gasteiger partial charge in [-0.1, -0.05) is 13.8 Å². The first kappa shape index (κ1) is 12.4. The Balaban J connectivity index is 4.21. The molecule has 0 aromatic heterocycles. The van der Waals surface area contributed by atoms with Gasteiger partial charge in [0.05, 0.1) is 5.54 Å². The van der Waals surface area contributed by atoms with Gasteiger partial charge in [0.1, 0.15) is 0 Å². The summed E-state index contributed by atoms with van der Waals surface area (Å²) in [6.45, 7) is 9.57. The smallest absolute Gasteiger partial charge is 0.242 e. The van der Waals surface area contributed by atoms with Gasteiger partial charge >= 0.3 is 0 Å². The lowest BCUT2D eigenvalue weighted by molar-refractivity contribution is -0.135. The topological polar surface area (TPSA) is 32.3 Å². The lowest BCUT2D eigenvalue weighted by Crippen LogP contribution is -2.53. The van der Waals surface area contributed by atoms with Crippen LogP contribution in [0.3, 0.4) is 0 Å². The Kier molecular flexibility index (Phi) is 4.99. The molecule has 0 radical (unpaired) electrons. The molecule has 0 aromatic rings. The summed E-state index contributed by atoms with van der Waals surface area (Å²) in [5, 5.41) is 3.17. The van der Waals surface area contributed by atoms with Crippen molar-refractivity contribution in [3.8, 4) is 0 Å². The number of carbonyl (C=O) groups is 1. The summed E-state index contributed by atoms with van der Waals surface area (Å²) >= 11 is 0. The average molecular weight is 186 g/mol. The minimum atomic E-state index is -0.432. The van der Waals surface area contributed by atoms with Crippen molar-refractivity contribution in [1.29, 1.82) is 0 Å². The maximum Gasteiger partial charge on any atom is 0.242 e. The van der Waals surface area contributed by atoms with Gasteiger partial charge in [0.15, 0.2) is 0 Å². The van der Waals surface area contributed by atoms with Gasteiger partial charge in [-0.3, -0.25) is 4.79 Å². The fourth-order valence-electron chi connectivity index (χ4n) is 1.43. The summed E-state index contributed by atoms with van der Waals surface area (Å²) in [6.07, 6.45) is 1.00. The number of carbonyl (C=O) groups excluding carboxylic acids is 1. The van der Waals surface area contributed by atoms with Crippen LogP contribution in [0.2, 0.25) is 0 Å². The normalized spacial score (nSPS) is 11.5. The van der Waals surface area contributed by atoms with Gasteiger partial charge in [-0.2, -0.15) is 0 Å². The minimum Gasteiger partial charge on any atom is -0.344 e. The molecule has 0 aliphatic heterocycles. The monoisotopic (exact) mass is 186 g/mol. The zero-order valence-corrected chi connectivity index (χ0v) is 9.48. The van der Waals surface area contributed by atoms with Gasteiger partial charge in [-0.25, -0.2) is 0 Å². The maximum absolute atomic E-state index is 11.8. The van der Waals surface area contributed by atoms with Gasteiger partial charge in [0.2, 0.25) is 5.91 Å². The summed E-state index contributed by atoms with van der Waals surface area (Å²) in [4.78, 5) is 13.6. The quantitative estimate of drug-likeness (QED) is 0.700. The number of nitrogens with zero attached hydrogens (tertiary/aromatic N) is 1. The third kappa shape index (κ3) is 3.77. The summed E-state index contributed by atoms with van der Waals surface area (Å²) < 4.78 is 0. The highest BCUT2D eigenvalue weighted by Crippen LogP contribution is 2.06. The molecule has 0 heterocycles. The van der Waals surface area contributed by atoms with Gasteiger partial charge in [0.25, 0.3) is 0 Å². The van der Waals surface area contributed by atoms with Crippen LogP contribution >= 0.6 is 0 Å². The number of rotatable bonds is 5. The van der Waals surface area contributed by atoms with Gasteiger partial charge < -0.3 is 10.2 Å². The van der Waals surface area contributed by atoms with Crippen LogP contribution in [-0.2, 0) is 4.79 Å². The molecule has 0 fully saturated rings. The SMILES string of the molecule is CCCN(C)C(=O)C(C)(C)NCC. The van der Waals surface area contributed by atoms with Crippen molar-refractivity contribution in [2.45, 2.75) is 39.7 Å². The zero-order valence-electron chi connectivity index (χ0n) is 9.48. The Hall–Kier alpha value is -0.570. The number of hydrogen-bond acceptors (Lipinski definition) is 2. The molecule has 0 bridgehead atoms. The van der Waals surface area contributed by atoms with Crippen LogP contribution in [-0.4, -0.2) is 36.5 Å². The maximum atomic E-state index is 11.8. The van der Waals surface area contributed by atoms with Crippen LogP contribution in [0.4, 0.5) is 0 Å². The van der Waals surface area contributed by atoms with Crippen molar-refractivity contribution in [1.82, 2.24) is 10.2 Å². The summed E-state index contributed by atoms with van der Waals surface area (Å²) in [5.41, 5.74) is -0.432. The Bertz CT molecular complexity index is 166. The van der Waals surface area contributed by atoms with Crippen LogP contribution < -0.4 is 5.32 Å². The molecular weight excluding hydrogens is 164 g/mol. The van der Waals surface area contributed by atoms with Crippen LogP contribution in [0.25, 0.3) is 0 Å². The van der Waals surface area contributed by atoms with E-state index in [1.54, 1.807) is 4.90 Å². The number of nitrogens with one attached hydrogen (secondary N) is 1. The molecular formula is C10H22N2O. The van der Waals surface area contributed by atoms with Crippen molar-refractivity contribution in [3.63, 3.8) is 0 Å². The van der Waals surface area contributed by atoms with Gasteiger partial charge in [-0.05, 0) is 26.8 Å². The molecule has 0 aliphatic carbocycles. The van der Waals surface area contributed by atoms with Crippen molar-refractivity contribution >= 4 is 5.91 Å². The fourth-order valence-corrected chi connectivity index (χ4v) is 1.43. The van der Waals surface area contributed by atoms with Crippen molar-refractivity contribution in [2.24, 2.45) is 0 Å². The van der Waals surface area contributed by atoms with E-state index in [1.807, 2.05) is 27.8 Å². The predicted molar refractivity (Wildman–Crippen MR) is 55.7 cm³/mol. The molecule has 0 spiro atoms. The van der Waals surface area contributed by atoms with E-state index in [0.717, 1.165) is 19.5 Å². The molecule has 0 saturated carbocycles. The molecule has 13 heavy (non-hydrogen) atoms. The van der Waals surface area contributed by atoms with Crippen LogP contribution in [0.15, 0.2) is 0 Å². The molecule has 78 valence electrons. The zero-order chi connectivity index (χ0) is 10.5. The van der Waals surface area contributed by atoms with E-state index in [9.17, 15) is 4.79 Å². The fraction of sp³-hybridized carbons (Fsp3) is 0.900. The highest BCUT2D eigenvalue weighted by Gasteiger charge is 2.28. The van der Waals surface area contributed by atoms with Crippen LogP contribution in [0, 0.1) is 0 Å². The Morgan fingerprint density at radius 2 is 1.92 bits per heavy atom. The summed E-state index contributed by atoms with van der Waals surface area (Å²) in [6, 6.07) is 0. The predicted octanol–water partition coefficient (Wildman–Crippen LogP) is 1.24. The minimum absolute atomic E-state index is 0.163. The standard InChI is InChI=1S/C10H22N2O/c1-6-8-12(5)9(13)10(3,4)11-7-2/h11H,6-8H2,1-5H3. The van der Waals surface area contributed by atoms with E-state index in [4.69, 9.17) is 0 Å². The third-order valence-electron chi connectivity index (χ3n) is 2.06. The van der Waals surface area contributed by atoms with E-state index in [1.165, 1.54) is 0 Å². The van der Waals surface area contributed by atoms with E-state index in [0.29, 0.717) is 0 Å². The Morgan fingerprint density at radius 1 is 1.38 bits per heavy atom. The molecule has 3 nitrogen and oxygen atoms in total. The Labute approximate surface area is 81.5 Å². The number of likely N-dealkylation sites (N-methyl/N-ethyl adjacent to an activating group) is 2. The second kappa shape index (κ2) is 5.22. The average Bonchev–Trinajstić information content (AvgIpc) is 2.03. The van der Waals surface area contributed by atoms with E-state index < -0.39 is 5.54 Å². The van der Waals surface area contributed by atoms with E-state index >= 15 is 0 Å². The Morgan fingerprint density at radius 3 is 2.31 bits per heavy atom. The largest absolute Gasteiger partial charge is 0.344 e. The highest BCUT2D eigenvalue weighted by atomic mass is 16.2. The molecule has 0 aromatic carbocycles. The number of hydrogen-bond donors (Lipinski definition) is 1. The highest BCUT2D eigenvalue weighted by molar-refractivity contribution is 5.85. The molecule has 0 saturated heterocycles. The van der Waals surface area contributed by atoms with Crippen LogP contribution in [0.1, 0.15) is 34.1 Å². The molecule has 0 rings (SSSR count). The summed E-state index contributed by atoms with van der Waals surface area (Å²) in [7, 11) is 1.85. The number of amides is 1. The second-order valence-electron chi connectivity index (χ2n) is 3.88.